The molecule has 3 aromatic rings. The van der Waals surface area contributed by atoms with Crippen molar-refractivity contribution in [1.29, 1.82) is 5.26 Å². The lowest BCUT2D eigenvalue weighted by molar-refractivity contribution is -0.141. The third kappa shape index (κ3) is 3.77. The van der Waals surface area contributed by atoms with Gasteiger partial charge in [-0.2, -0.15) is 18.4 Å². The second kappa shape index (κ2) is 7.43. The highest BCUT2D eigenvalue weighted by atomic mass is 19.4. The van der Waals surface area contributed by atoms with E-state index in [0.717, 1.165) is 18.2 Å². The molecule has 12 heteroatoms. The number of aromatic nitrogens is 2. The Balaban J connectivity index is 2.22. The average Bonchev–Trinajstić information content (AvgIpc) is 2.65. The molecule has 0 aliphatic heterocycles. The highest BCUT2D eigenvalue weighted by Crippen LogP contribution is 2.32. The normalized spacial score (nSPS) is 11.2. The number of para-hydroxylation sites is 1. The summed E-state index contributed by atoms with van der Waals surface area (Å²) in [6, 6.07) is 5.30. The Bertz CT molecular complexity index is 1250. The van der Waals surface area contributed by atoms with Crippen molar-refractivity contribution in [3.63, 3.8) is 0 Å². The topological polar surface area (TPSA) is 87.9 Å². The summed E-state index contributed by atoms with van der Waals surface area (Å²) in [6.45, 7) is 0. The van der Waals surface area contributed by atoms with Gasteiger partial charge in [-0.05, 0) is 18.2 Å². The van der Waals surface area contributed by atoms with Crippen molar-refractivity contribution in [2.45, 2.75) is 6.18 Å². The van der Waals surface area contributed by atoms with Crippen LogP contribution in [-0.4, -0.2) is 9.55 Å². The molecule has 0 unspecified atom stereocenters. The Kier molecular flexibility index (Phi) is 5.13. The third-order valence-electron chi connectivity index (χ3n) is 3.78. The van der Waals surface area contributed by atoms with E-state index in [-0.39, 0.29) is 10.6 Å². The van der Waals surface area contributed by atoms with E-state index in [2.05, 4.69) is 0 Å². The molecule has 0 amide bonds. The molecular weight excluding hydrogens is 420 g/mol. The molecule has 0 radical (unpaired) electrons. The standard InChI is InChI=1S/C18H7F6N3O3/c19-9-2-1-3-10(20)16(9)30-13-5-12(11(21)4-8(13)7-25)27-15(28)6-14(18(22,23)24)26-17(27)29/h1-6H,(H,26,29). The number of hydrogen-bond donors (Lipinski definition) is 1. The summed E-state index contributed by atoms with van der Waals surface area (Å²) in [5.41, 5.74) is -6.30. The molecule has 0 bridgehead atoms. The van der Waals surface area contributed by atoms with E-state index in [1.165, 1.54) is 11.1 Å². The lowest BCUT2D eigenvalue weighted by atomic mass is 10.1. The van der Waals surface area contributed by atoms with Gasteiger partial charge in [-0.3, -0.25) is 4.79 Å². The molecule has 3 rings (SSSR count). The Morgan fingerprint density at radius 2 is 1.63 bits per heavy atom. The van der Waals surface area contributed by atoms with Gasteiger partial charge in [-0.1, -0.05) is 6.07 Å². The van der Waals surface area contributed by atoms with Gasteiger partial charge in [-0.25, -0.2) is 22.5 Å². The molecule has 0 saturated heterocycles. The number of aromatic amines is 1. The van der Waals surface area contributed by atoms with E-state index in [1.807, 2.05) is 0 Å². The van der Waals surface area contributed by atoms with Crippen LogP contribution in [-0.2, 0) is 6.18 Å². The van der Waals surface area contributed by atoms with Gasteiger partial charge in [0, 0.05) is 12.1 Å². The highest BCUT2D eigenvalue weighted by Gasteiger charge is 2.33. The summed E-state index contributed by atoms with van der Waals surface area (Å²) in [4.78, 5) is 25.4. The number of alkyl halides is 3. The van der Waals surface area contributed by atoms with E-state index in [1.54, 1.807) is 0 Å². The minimum absolute atomic E-state index is 0.0102. The molecule has 0 fully saturated rings. The molecule has 1 aromatic heterocycles. The molecule has 0 spiro atoms. The third-order valence-corrected chi connectivity index (χ3v) is 3.78. The summed E-state index contributed by atoms with van der Waals surface area (Å²) in [6.07, 6.45) is -5.04. The zero-order chi connectivity index (χ0) is 22.2. The molecule has 0 saturated carbocycles. The second-order valence-corrected chi connectivity index (χ2v) is 5.72. The van der Waals surface area contributed by atoms with Crippen LogP contribution in [0.5, 0.6) is 11.5 Å². The number of H-pyrrole nitrogens is 1. The van der Waals surface area contributed by atoms with Gasteiger partial charge < -0.3 is 9.72 Å². The maximum atomic E-state index is 14.4. The summed E-state index contributed by atoms with van der Waals surface area (Å²) in [7, 11) is 0. The van der Waals surface area contributed by atoms with Gasteiger partial charge in [-0.15, -0.1) is 0 Å². The number of nitriles is 1. The van der Waals surface area contributed by atoms with Crippen molar-refractivity contribution in [3.05, 3.63) is 85.9 Å². The number of halogens is 6. The summed E-state index contributed by atoms with van der Waals surface area (Å²) in [5.74, 6) is -5.30. The first kappa shape index (κ1) is 20.7. The summed E-state index contributed by atoms with van der Waals surface area (Å²) >= 11 is 0. The molecule has 0 aliphatic carbocycles. The fraction of sp³-hybridized carbons (Fsp3) is 0.0556. The number of ether oxygens (including phenoxy) is 1. The predicted octanol–water partition coefficient (Wildman–Crippen LogP) is 3.63. The molecule has 0 aliphatic rings. The number of nitrogens with zero attached hydrogens (tertiary/aromatic N) is 2. The van der Waals surface area contributed by atoms with Crippen LogP contribution >= 0.6 is 0 Å². The first-order chi connectivity index (χ1) is 14.0. The lowest BCUT2D eigenvalue weighted by Crippen LogP contribution is -2.36. The SMILES string of the molecule is N#Cc1cc(F)c(-n2c(=O)cc(C(F)(F)F)[nH]c2=O)cc1Oc1c(F)cccc1F. The molecule has 1 N–H and O–H groups in total. The van der Waals surface area contributed by atoms with Gasteiger partial charge in [0.05, 0.1) is 11.3 Å². The molecule has 0 atom stereocenters. The first-order valence-electron chi connectivity index (χ1n) is 7.82. The zero-order valence-electron chi connectivity index (χ0n) is 14.4. The first-order valence-corrected chi connectivity index (χ1v) is 7.82. The van der Waals surface area contributed by atoms with Crippen molar-refractivity contribution in [2.24, 2.45) is 0 Å². The van der Waals surface area contributed by atoms with E-state index < -0.39 is 63.3 Å². The van der Waals surface area contributed by atoms with Gasteiger partial charge in [0.2, 0.25) is 0 Å². The molecule has 154 valence electrons. The minimum atomic E-state index is -5.04. The van der Waals surface area contributed by atoms with E-state index in [9.17, 15) is 35.9 Å². The quantitative estimate of drug-likeness (QED) is 0.647. The van der Waals surface area contributed by atoms with Crippen LogP contribution in [0.25, 0.3) is 5.69 Å². The van der Waals surface area contributed by atoms with E-state index >= 15 is 0 Å². The average molecular weight is 427 g/mol. The highest BCUT2D eigenvalue weighted by molar-refractivity contribution is 5.53. The van der Waals surface area contributed by atoms with Crippen LogP contribution in [0, 0.1) is 28.8 Å². The summed E-state index contributed by atoms with van der Waals surface area (Å²) < 4.78 is 85.2. The van der Waals surface area contributed by atoms with Crippen LogP contribution in [0.4, 0.5) is 26.3 Å². The lowest BCUT2D eigenvalue weighted by Gasteiger charge is -2.13. The minimum Gasteiger partial charge on any atom is -0.450 e. The molecule has 1 heterocycles. The van der Waals surface area contributed by atoms with Gasteiger partial charge in [0.15, 0.2) is 17.4 Å². The van der Waals surface area contributed by atoms with Crippen LogP contribution in [0.2, 0.25) is 0 Å². The van der Waals surface area contributed by atoms with Crippen molar-refractivity contribution < 1.29 is 31.1 Å². The number of hydrogen-bond acceptors (Lipinski definition) is 4. The fourth-order valence-electron chi connectivity index (χ4n) is 2.45. The van der Waals surface area contributed by atoms with Crippen LogP contribution in [0.15, 0.2) is 46.0 Å². The van der Waals surface area contributed by atoms with Crippen molar-refractivity contribution in [2.75, 3.05) is 0 Å². The van der Waals surface area contributed by atoms with Gasteiger partial charge in [0.1, 0.15) is 23.3 Å². The number of nitrogens with one attached hydrogen (secondary N) is 1. The predicted molar refractivity (Wildman–Crippen MR) is 88.8 cm³/mol. The Labute approximate surface area is 162 Å². The smallest absolute Gasteiger partial charge is 0.431 e. The van der Waals surface area contributed by atoms with E-state index in [0.29, 0.717) is 12.1 Å². The fourth-order valence-corrected chi connectivity index (χ4v) is 2.45. The monoisotopic (exact) mass is 427 g/mol. The maximum absolute atomic E-state index is 14.4. The van der Waals surface area contributed by atoms with Gasteiger partial charge >= 0.3 is 11.9 Å². The largest absolute Gasteiger partial charge is 0.450 e. The number of benzene rings is 2. The maximum Gasteiger partial charge on any atom is 0.431 e. The van der Waals surface area contributed by atoms with Crippen LogP contribution < -0.4 is 16.0 Å². The Hall–Kier alpha value is -4.01. The summed E-state index contributed by atoms with van der Waals surface area (Å²) in [5, 5.41) is 9.11. The second-order valence-electron chi connectivity index (χ2n) is 5.72. The van der Waals surface area contributed by atoms with Crippen molar-refractivity contribution in [1.82, 2.24) is 9.55 Å². The van der Waals surface area contributed by atoms with Gasteiger partial charge in [0.25, 0.3) is 5.56 Å². The van der Waals surface area contributed by atoms with Crippen molar-refractivity contribution in [3.8, 4) is 23.3 Å². The van der Waals surface area contributed by atoms with Crippen LogP contribution in [0.3, 0.4) is 0 Å². The Morgan fingerprint density at radius 1 is 1.00 bits per heavy atom. The van der Waals surface area contributed by atoms with E-state index in [4.69, 9.17) is 10.00 Å². The molecule has 2 aromatic carbocycles. The molecule has 6 nitrogen and oxygen atoms in total. The Morgan fingerprint density at radius 3 is 2.17 bits per heavy atom. The van der Waals surface area contributed by atoms with Crippen LogP contribution in [0.1, 0.15) is 11.3 Å². The molecule has 30 heavy (non-hydrogen) atoms. The number of rotatable bonds is 3. The van der Waals surface area contributed by atoms with Crippen molar-refractivity contribution >= 4 is 0 Å². The zero-order valence-corrected chi connectivity index (χ0v) is 14.4. The molecular formula is C18H7F6N3O3.